The quantitative estimate of drug-likeness (QED) is 0.523. The molecule has 33 heavy (non-hydrogen) atoms. The molecule has 0 unspecified atom stereocenters. The molecule has 0 heterocycles. The normalized spacial score (nSPS) is 12.9. The molecule has 0 saturated carbocycles. The summed E-state index contributed by atoms with van der Waals surface area (Å²) >= 11 is 0. The first-order chi connectivity index (χ1) is 15.3. The standard InChI is InChI=1S/C23H33N3O6S/c1-23(2,3)32-22(29)26(19(21(27)28)12-6-7-15-24)33(30,31)20-14-9-10-16-17(20)11-8-13-18(16)25(4)5/h8-11,13-14,19H,6-7,12,15,24H2,1-5H3,(H,27,28)/t19-/m0/s1. The van der Waals surface area contributed by atoms with E-state index in [2.05, 4.69) is 0 Å². The number of carbonyl (C=O) groups is 2. The van der Waals surface area contributed by atoms with Gasteiger partial charge in [-0.25, -0.2) is 18.0 Å². The van der Waals surface area contributed by atoms with Crippen LogP contribution in [0.4, 0.5) is 10.5 Å². The van der Waals surface area contributed by atoms with E-state index in [1.54, 1.807) is 45.0 Å². The zero-order valence-corrected chi connectivity index (χ0v) is 20.6. The van der Waals surface area contributed by atoms with Gasteiger partial charge >= 0.3 is 12.1 Å². The van der Waals surface area contributed by atoms with Crippen molar-refractivity contribution in [2.75, 3.05) is 25.5 Å². The van der Waals surface area contributed by atoms with Crippen LogP contribution in [0, 0.1) is 0 Å². The Morgan fingerprint density at radius 3 is 2.21 bits per heavy atom. The maximum atomic E-state index is 13.9. The zero-order valence-electron chi connectivity index (χ0n) is 19.7. The molecule has 0 aromatic heterocycles. The lowest BCUT2D eigenvalue weighted by Crippen LogP contribution is -2.50. The fourth-order valence-electron chi connectivity index (χ4n) is 3.51. The van der Waals surface area contributed by atoms with Crippen molar-refractivity contribution in [2.24, 2.45) is 5.73 Å². The van der Waals surface area contributed by atoms with E-state index in [0.29, 0.717) is 34.5 Å². The van der Waals surface area contributed by atoms with Crippen LogP contribution in [0.15, 0.2) is 41.3 Å². The van der Waals surface area contributed by atoms with Gasteiger partial charge < -0.3 is 20.5 Å². The topological polar surface area (TPSA) is 130 Å². The van der Waals surface area contributed by atoms with Gasteiger partial charge in [-0.3, -0.25) is 0 Å². The molecule has 0 aliphatic carbocycles. The fourth-order valence-corrected chi connectivity index (χ4v) is 5.19. The summed E-state index contributed by atoms with van der Waals surface area (Å²) in [4.78, 5) is 26.9. The van der Waals surface area contributed by atoms with Crippen LogP contribution in [0.1, 0.15) is 40.0 Å². The minimum atomic E-state index is -4.59. The van der Waals surface area contributed by atoms with E-state index in [0.717, 1.165) is 5.69 Å². The number of fused-ring (bicyclic) bond motifs is 1. The molecule has 9 nitrogen and oxygen atoms in total. The number of benzene rings is 2. The SMILES string of the molecule is CN(C)c1cccc2c(S(=O)(=O)N(C(=O)OC(C)(C)C)[C@@H](CCCCN)C(=O)O)cccc12. The molecule has 0 saturated heterocycles. The average molecular weight is 480 g/mol. The van der Waals surface area contributed by atoms with Crippen LogP contribution in [-0.4, -0.2) is 62.2 Å². The van der Waals surface area contributed by atoms with Crippen LogP contribution in [-0.2, 0) is 19.6 Å². The summed E-state index contributed by atoms with van der Waals surface area (Å²) in [6.45, 7) is 5.08. The van der Waals surface area contributed by atoms with Gasteiger partial charge in [-0.1, -0.05) is 24.3 Å². The first-order valence-corrected chi connectivity index (χ1v) is 12.1. The number of nitrogens with two attached hydrogens (primary N) is 1. The van der Waals surface area contributed by atoms with Crippen molar-refractivity contribution in [2.45, 2.75) is 56.6 Å². The fraction of sp³-hybridized carbons (Fsp3) is 0.478. The Morgan fingerprint density at radius 1 is 1.06 bits per heavy atom. The van der Waals surface area contributed by atoms with Gasteiger partial charge in [0.25, 0.3) is 10.0 Å². The van der Waals surface area contributed by atoms with Gasteiger partial charge in [-0.2, -0.15) is 4.31 Å². The number of aliphatic carboxylic acids is 1. The first-order valence-electron chi connectivity index (χ1n) is 10.7. The summed E-state index contributed by atoms with van der Waals surface area (Å²) in [6, 6.07) is 8.27. The molecule has 2 aromatic carbocycles. The largest absolute Gasteiger partial charge is 0.480 e. The number of rotatable bonds is 9. The van der Waals surface area contributed by atoms with Crippen molar-refractivity contribution in [1.82, 2.24) is 4.31 Å². The molecule has 1 atom stereocenters. The van der Waals surface area contributed by atoms with Crippen LogP contribution in [0.25, 0.3) is 10.8 Å². The maximum absolute atomic E-state index is 13.9. The molecule has 10 heteroatoms. The number of hydrogen-bond donors (Lipinski definition) is 2. The Bertz CT molecular complexity index is 1110. The molecule has 3 N–H and O–H groups in total. The number of nitrogens with zero attached hydrogens (tertiary/aromatic N) is 2. The van der Waals surface area contributed by atoms with Crippen LogP contribution >= 0.6 is 0 Å². The summed E-state index contributed by atoms with van der Waals surface area (Å²) in [5, 5.41) is 10.9. The zero-order chi connectivity index (χ0) is 25.0. The van der Waals surface area contributed by atoms with Gasteiger partial charge in [0, 0.05) is 30.6 Å². The second kappa shape index (κ2) is 10.4. The third-order valence-corrected chi connectivity index (χ3v) is 6.78. The molecule has 182 valence electrons. The molecular formula is C23H33N3O6S. The van der Waals surface area contributed by atoms with E-state index in [1.807, 2.05) is 25.1 Å². The molecule has 0 aliphatic rings. The molecule has 0 spiro atoms. The van der Waals surface area contributed by atoms with Gasteiger partial charge in [0.1, 0.15) is 11.6 Å². The Kier molecular flexibility index (Phi) is 8.31. The van der Waals surface area contributed by atoms with Crippen LogP contribution in [0.3, 0.4) is 0 Å². The Hall–Kier alpha value is -2.85. The van der Waals surface area contributed by atoms with Gasteiger partial charge in [-0.15, -0.1) is 0 Å². The van der Waals surface area contributed by atoms with E-state index in [9.17, 15) is 23.1 Å². The van der Waals surface area contributed by atoms with E-state index >= 15 is 0 Å². The molecule has 0 radical (unpaired) electrons. The summed E-state index contributed by atoms with van der Waals surface area (Å²) in [6.07, 6.45) is -0.489. The Labute approximate surface area is 195 Å². The number of anilines is 1. The Balaban J connectivity index is 2.73. The van der Waals surface area contributed by atoms with Crippen LogP contribution < -0.4 is 10.6 Å². The lowest BCUT2D eigenvalue weighted by Gasteiger charge is -2.31. The monoisotopic (exact) mass is 479 g/mol. The lowest BCUT2D eigenvalue weighted by molar-refractivity contribution is -0.141. The highest BCUT2D eigenvalue weighted by molar-refractivity contribution is 7.90. The molecule has 0 fully saturated rings. The summed E-state index contributed by atoms with van der Waals surface area (Å²) in [7, 11) is -0.927. The second-order valence-electron chi connectivity index (χ2n) is 8.94. The number of carbonyl (C=O) groups excluding carboxylic acids is 1. The van der Waals surface area contributed by atoms with Gasteiger partial charge in [-0.05, 0) is 58.7 Å². The van der Waals surface area contributed by atoms with Crippen molar-refractivity contribution in [3.63, 3.8) is 0 Å². The third kappa shape index (κ3) is 6.14. The number of ether oxygens (including phenoxy) is 1. The Morgan fingerprint density at radius 2 is 1.67 bits per heavy atom. The number of carboxylic acid groups (broad SMARTS) is 1. The van der Waals surface area contributed by atoms with E-state index in [-0.39, 0.29) is 11.3 Å². The summed E-state index contributed by atoms with van der Waals surface area (Å²) < 4.78 is 33.4. The highest BCUT2D eigenvalue weighted by atomic mass is 32.2. The second-order valence-corrected chi connectivity index (χ2v) is 10.7. The van der Waals surface area contributed by atoms with Crippen molar-refractivity contribution >= 4 is 38.5 Å². The number of hydrogen-bond acceptors (Lipinski definition) is 7. The molecular weight excluding hydrogens is 446 g/mol. The predicted octanol–water partition coefficient (Wildman–Crippen LogP) is 3.41. The van der Waals surface area contributed by atoms with Gasteiger partial charge in [0.15, 0.2) is 0 Å². The highest BCUT2D eigenvalue weighted by Gasteiger charge is 2.42. The van der Waals surface area contributed by atoms with Crippen molar-refractivity contribution in [1.29, 1.82) is 0 Å². The van der Waals surface area contributed by atoms with Crippen molar-refractivity contribution in [3.8, 4) is 0 Å². The molecule has 2 aromatic rings. The van der Waals surface area contributed by atoms with E-state index in [1.165, 1.54) is 6.07 Å². The minimum Gasteiger partial charge on any atom is -0.480 e. The number of amides is 1. The average Bonchev–Trinajstić information content (AvgIpc) is 2.70. The molecule has 2 rings (SSSR count). The van der Waals surface area contributed by atoms with Gasteiger partial charge in [0.2, 0.25) is 0 Å². The third-order valence-electron chi connectivity index (χ3n) is 4.95. The van der Waals surface area contributed by atoms with Gasteiger partial charge in [0.05, 0.1) is 4.90 Å². The van der Waals surface area contributed by atoms with E-state index in [4.69, 9.17) is 10.5 Å². The van der Waals surface area contributed by atoms with Crippen molar-refractivity contribution < 1.29 is 27.9 Å². The van der Waals surface area contributed by atoms with Crippen LogP contribution in [0.5, 0.6) is 0 Å². The predicted molar refractivity (Wildman–Crippen MR) is 128 cm³/mol. The number of sulfonamides is 1. The first kappa shape index (κ1) is 26.4. The number of carboxylic acids is 1. The lowest BCUT2D eigenvalue weighted by atomic mass is 10.1. The smallest absolute Gasteiger partial charge is 0.425 e. The van der Waals surface area contributed by atoms with Crippen LogP contribution in [0.2, 0.25) is 0 Å². The maximum Gasteiger partial charge on any atom is 0.425 e. The van der Waals surface area contributed by atoms with Crippen molar-refractivity contribution in [3.05, 3.63) is 36.4 Å². The summed E-state index contributed by atoms with van der Waals surface area (Å²) in [5.74, 6) is -1.43. The number of unbranched alkanes of at least 4 members (excludes halogenated alkanes) is 1. The molecule has 1 amide bonds. The molecule has 0 aliphatic heterocycles. The molecule has 0 bridgehead atoms. The highest BCUT2D eigenvalue weighted by Crippen LogP contribution is 2.33. The van der Waals surface area contributed by atoms with E-state index < -0.39 is 33.7 Å². The summed E-state index contributed by atoms with van der Waals surface area (Å²) in [5.41, 5.74) is 5.27. The minimum absolute atomic E-state index is 0.0846.